The van der Waals surface area contributed by atoms with Gasteiger partial charge in [0, 0.05) is 18.7 Å². The highest BCUT2D eigenvalue weighted by atomic mass is 32.2. The first-order chi connectivity index (χ1) is 9.02. The van der Waals surface area contributed by atoms with Crippen molar-refractivity contribution < 1.29 is 8.42 Å². The number of hydrogen-bond acceptors (Lipinski definition) is 3. The number of allylic oxidation sites excluding steroid dienone is 2. The van der Waals surface area contributed by atoms with Crippen molar-refractivity contribution in [1.29, 1.82) is 0 Å². The monoisotopic (exact) mass is 275 g/mol. The summed E-state index contributed by atoms with van der Waals surface area (Å²) < 4.78 is 25.5. The van der Waals surface area contributed by atoms with Crippen molar-refractivity contribution in [1.82, 2.24) is 5.32 Å². The van der Waals surface area contributed by atoms with Gasteiger partial charge in [-0.2, -0.15) is 0 Å². The molecule has 3 rings (SSSR count). The second-order valence-corrected chi connectivity index (χ2v) is 7.29. The number of nitrogens with one attached hydrogen (secondary N) is 1. The molecule has 1 N–H and O–H groups in total. The van der Waals surface area contributed by atoms with E-state index in [-0.39, 0.29) is 5.92 Å². The van der Waals surface area contributed by atoms with Crippen LogP contribution >= 0.6 is 0 Å². The first kappa shape index (κ1) is 12.5. The Morgan fingerprint density at radius 3 is 2.84 bits per heavy atom. The van der Waals surface area contributed by atoms with E-state index >= 15 is 0 Å². The Labute approximate surface area is 114 Å². The molecular formula is C15H17NO2S. The number of rotatable bonds is 1. The summed E-state index contributed by atoms with van der Waals surface area (Å²) in [6, 6.07) is 5.73. The molecule has 3 nitrogen and oxygen atoms in total. The van der Waals surface area contributed by atoms with Crippen molar-refractivity contribution in [2.24, 2.45) is 5.92 Å². The molecule has 4 heteroatoms. The lowest BCUT2D eigenvalue weighted by molar-refractivity contribution is 0.539. The summed E-state index contributed by atoms with van der Waals surface area (Å²) in [7, 11) is -1.47. The van der Waals surface area contributed by atoms with Crippen LogP contribution < -0.4 is 5.32 Å². The summed E-state index contributed by atoms with van der Waals surface area (Å²) in [6.45, 7) is 1.93. The van der Waals surface area contributed by atoms with Gasteiger partial charge in [0.1, 0.15) is 0 Å². The van der Waals surface area contributed by atoms with E-state index in [1.165, 1.54) is 0 Å². The van der Waals surface area contributed by atoms with E-state index in [1.54, 1.807) is 6.07 Å². The Hall–Kier alpha value is -1.55. The van der Waals surface area contributed by atoms with E-state index < -0.39 is 15.1 Å². The molecule has 0 spiro atoms. The quantitative estimate of drug-likeness (QED) is 0.852. The van der Waals surface area contributed by atoms with Crippen LogP contribution in [0.25, 0.3) is 0 Å². The summed E-state index contributed by atoms with van der Waals surface area (Å²) in [5, 5.41) is 2.58. The lowest BCUT2D eigenvalue weighted by Crippen LogP contribution is -2.36. The van der Waals surface area contributed by atoms with Crippen LogP contribution in [0.2, 0.25) is 0 Å². The van der Waals surface area contributed by atoms with Gasteiger partial charge in [-0.05, 0) is 42.7 Å². The van der Waals surface area contributed by atoms with Crippen molar-refractivity contribution in [3.05, 3.63) is 53.3 Å². The highest BCUT2D eigenvalue weighted by molar-refractivity contribution is 7.92. The molecule has 2 unspecified atom stereocenters. The van der Waals surface area contributed by atoms with Gasteiger partial charge in [0.2, 0.25) is 0 Å². The third kappa shape index (κ3) is 1.91. The Morgan fingerprint density at radius 1 is 1.32 bits per heavy atom. The van der Waals surface area contributed by atoms with Crippen LogP contribution in [0.3, 0.4) is 0 Å². The number of hydrogen-bond donors (Lipinski definition) is 1. The molecule has 2 aliphatic rings. The summed E-state index contributed by atoms with van der Waals surface area (Å²) in [4.78, 5) is 0.510. The maximum atomic E-state index is 12.7. The van der Waals surface area contributed by atoms with E-state index in [0.717, 1.165) is 23.2 Å². The molecule has 100 valence electrons. The first-order valence-corrected chi connectivity index (χ1v) is 7.98. The molecular weight excluding hydrogens is 258 g/mol. The summed E-state index contributed by atoms with van der Waals surface area (Å²) in [5.74, 6) is 0.0531. The van der Waals surface area contributed by atoms with E-state index in [1.807, 2.05) is 44.3 Å². The maximum Gasteiger partial charge on any atom is 0.185 e. The van der Waals surface area contributed by atoms with E-state index in [9.17, 15) is 8.42 Å². The van der Waals surface area contributed by atoms with Crippen LogP contribution in [0.5, 0.6) is 0 Å². The SMILES string of the molecule is CNC1=CC2C(C=C1)Cc1ccc(C)cc1S2(=O)=O. The molecule has 0 radical (unpaired) electrons. The van der Waals surface area contributed by atoms with Crippen LogP contribution in [-0.4, -0.2) is 20.7 Å². The number of fused-ring (bicyclic) bond motifs is 2. The zero-order chi connectivity index (χ0) is 13.6. The van der Waals surface area contributed by atoms with Gasteiger partial charge in [0.15, 0.2) is 9.84 Å². The van der Waals surface area contributed by atoms with Crippen LogP contribution in [0.1, 0.15) is 11.1 Å². The Kier molecular flexibility index (Phi) is 2.78. The predicted octanol–water partition coefficient (Wildman–Crippen LogP) is 1.98. The third-order valence-corrected chi connectivity index (χ3v) is 6.12. The highest BCUT2D eigenvalue weighted by Crippen LogP contribution is 2.37. The fourth-order valence-corrected chi connectivity index (χ4v) is 4.99. The molecule has 0 aromatic heterocycles. The zero-order valence-electron chi connectivity index (χ0n) is 11.1. The summed E-state index contributed by atoms with van der Waals surface area (Å²) in [5.41, 5.74) is 2.81. The van der Waals surface area contributed by atoms with Gasteiger partial charge < -0.3 is 5.32 Å². The van der Waals surface area contributed by atoms with Crippen molar-refractivity contribution in [3.8, 4) is 0 Å². The molecule has 2 atom stereocenters. The number of aryl methyl sites for hydroxylation is 1. The third-order valence-electron chi connectivity index (χ3n) is 3.92. The first-order valence-electron chi connectivity index (χ1n) is 6.43. The van der Waals surface area contributed by atoms with Gasteiger partial charge in [0.05, 0.1) is 10.1 Å². The van der Waals surface area contributed by atoms with Crippen molar-refractivity contribution in [2.75, 3.05) is 7.05 Å². The Bertz CT molecular complexity index is 686. The van der Waals surface area contributed by atoms with E-state index in [0.29, 0.717) is 4.90 Å². The molecule has 0 amide bonds. The zero-order valence-corrected chi connectivity index (χ0v) is 11.9. The Balaban J connectivity index is 2.17. The highest BCUT2D eigenvalue weighted by Gasteiger charge is 2.39. The van der Waals surface area contributed by atoms with Gasteiger partial charge in [-0.1, -0.05) is 18.2 Å². The average Bonchev–Trinajstić information content (AvgIpc) is 2.40. The minimum absolute atomic E-state index is 0.0531. The van der Waals surface area contributed by atoms with Gasteiger partial charge in [-0.3, -0.25) is 0 Å². The maximum absolute atomic E-state index is 12.7. The van der Waals surface area contributed by atoms with Gasteiger partial charge in [0.25, 0.3) is 0 Å². The molecule has 1 aliphatic carbocycles. The topological polar surface area (TPSA) is 46.2 Å². The minimum atomic E-state index is -3.28. The normalized spacial score (nSPS) is 27.2. The summed E-state index contributed by atoms with van der Waals surface area (Å²) >= 11 is 0. The molecule has 0 saturated heterocycles. The fraction of sp³-hybridized carbons (Fsp3) is 0.333. The van der Waals surface area contributed by atoms with Gasteiger partial charge >= 0.3 is 0 Å². The van der Waals surface area contributed by atoms with Crippen molar-refractivity contribution >= 4 is 9.84 Å². The molecule has 1 heterocycles. The van der Waals surface area contributed by atoms with Crippen LogP contribution in [0, 0.1) is 12.8 Å². The number of benzene rings is 1. The van der Waals surface area contributed by atoms with Crippen LogP contribution in [0.15, 0.2) is 47.0 Å². The second kappa shape index (κ2) is 4.23. The molecule has 0 saturated carbocycles. The minimum Gasteiger partial charge on any atom is -0.388 e. The van der Waals surface area contributed by atoms with Gasteiger partial charge in [-0.15, -0.1) is 0 Å². The van der Waals surface area contributed by atoms with Crippen LogP contribution in [0.4, 0.5) is 0 Å². The molecule has 0 fully saturated rings. The largest absolute Gasteiger partial charge is 0.388 e. The van der Waals surface area contributed by atoms with Crippen molar-refractivity contribution in [2.45, 2.75) is 23.5 Å². The standard InChI is InChI=1S/C15H17NO2S/c1-10-3-4-11-8-12-5-6-13(16-2)9-15(12)19(17,18)14(11)7-10/h3-7,9,12,15-16H,8H2,1-2H3. The Morgan fingerprint density at radius 2 is 2.11 bits per heavy atom. The average molecular weight is 275 g/mol. The van der Waals surface area contributed by atoms with Crippen molar-refractivity contribution in [3.63, 3.8) is 0 Å². The van der Waals surface area contributed by atoms with E-state index in [4.69, 9.17) is 0 Å². The smallest absolute Gasteiger partial charge is 0.185 e. The second-order valence-electron chi connectivity index (χ2n) is 5.22. The van der Waals surface area contributed by atoms with E-state index in [2.05, 4.69) is 5.32 Å². The lowest BCUT2D eigenvalue weighted by Gasteiger charge is -2.32. The molecule has 1 aromatic carbocycles. The molecule has 1 aliphatic heterocycles. The lowest BCUT2D eigenvalue weighted by atomic mass is 9.91. The molecule has 0 bridgehead atoms. The van der Waals surface area contributed by atoms with Gasteiger partial charge in [-0.25, -0.2) is 8.42 Å². The molecule has 19 heavy (non-hydrogen) atoms. The number of likely N-dealkylation sites (N-methyl/N-ethyl adjacent to an activating group) is 1. The number of sulfone groups is 1. The van der Waals surface area contributed by atoms with Crippen LogP contribution in [-0.2, 0) is 16.3 Å². The molecule has 1 aromatic rings. The fourth-order valence-electron chi connectivity index (χ4n) is 2.86. The predicted molar refractivity (Wildman–Crippen MR) is 75.6 cm³/mol. The summed E-state index contributed by atoms with van der Waals surface area (Å²) in [6.07, 6.45) is 6.61.